The molecule has 0 saturated heterocycles. The van der Waals surface area contributed by atoms with Crippen LogP contribution in [0.15, 0.2) is 42.9 Å². The summed E-state index contributed by atoms with van der Waals surface area (Å²) in [6.07, 6.45) is 4.78. The molecule has 0 atom stereocenters. The molecule has 3 heterocycles. The van der Waals surface area contributed by atoms with Gasteiger partial charge in [-0.1, -0.05) is 27.5 Å². The van der Waals surface area contributed by atoms with Crippen molar-refractivity contribution in [3.8, 4) is 28.3 Å². The van der Waals surface area contributed by atoms with E-state index in [4.69, 9.17) is 17.3 Å². The number of nitrogens with zero attached hydrogens (tertiary/aromatic N) is 5. The maximum Gasteiger partial charge on any atom is 0.387 e. The van der Waals surface area contributed by atoms with Gasteiger partial charge in [-0.15, -0.1) is 0 Å². The molecule has 1 amide bonds. The molecular formula is C19H14BrClF2N6O2. The predicted octanol–water partition coefficient (Wildman–Crippen LogP) is 4.01. The van der Waals surface area contributed by atoms with Crippen molar-refractivity contribution < 1.29 is 18.3 Å². The Morgan fingerprint density at radius 3 is 2.77 bits per heavy atom. The van der Waals surface area contributed by atoms with E-state index in [1.807, 2.05) is 0 Å². The van der Waals surface area contributed by atoms with E-state index in [-0.39, 0.29) is 33.9 Å². The minimum atomic E-state index is -3.05. The van der Waals surface area contributed by atoms with Crippen molar-refractivity contribution in [2.24, 2.45) is 5.73 Å². The number of hydrogen-bond acceptors (Lipinski definition) is 5. The minimum absolute atomic E-state index is 0.0820. The summed E-state index contributed by atoms with van der Waals surface area (Å²) in [4.78, 5) is 16.5. The molecule has 3 aromatic heterocycles. The summed E-state index contributed by atoms with van der Waals surface area (Å²) in [6.45, 7) is -2.58. The Labute approximate surface area is 187 Å². The molecule has 0 fully saturated rings. The number of primary amides is 1. The highest BCUT2D eigenvalue weighted by atomic mass is 79.9. The summed E-state index contributed by atoms with van der Waals surface area (Å²) >= 11 is 9.47. The summed E-state index contributed by atoms with van der Waals surface area (Å²) in [5.41, 5.74) is 7.05. The highest BCUT2D eigenvalue weighted by Crippen LogP contribution is 2.39. The molecule has 31 heavy (non-hydrogen) atoms. The van der Waals surface area contributed by atoms with Crippen LogP contribution in [0.25, 0.3) is 28.2 Å². The average Bonchev–Trinajstić information content (AvgIpc) is 3.30. The Morgan fingerprint density at radius 2 is 2.06 bits per heavy atom. The van der Waals surface area contributed by atoms with Gasteiger partial charge >= 0.3 is 6.61 Å². The van der Waals surface area contributed by atoms with E-state index in [1.54, 1.807) is 23.1 Å². The number of nitrogens with two attached hydrogens (primary N) is 1. The third-order valence-corrected chi connectivity index (χ3v) is 4.97. The number of hydrogen-bond donors (Lipinski definition) is 1. The number of fused-ring (bicyclic) bond motifs is 1. The first-order valence-electron chi connectivity index (χ1n) is 8.90. The van der Waals surface area contributed by atoms with Gasteiger partial charge in [0, 0.05) is 40.1 Å². The number of carbonyl (C=O) groups excluding carboxylic acids is 1. The van der Waals surface area contributed by atoms with Crippen LogP contribution in [0.4, 0.5) is 8.78 Å². The number of ether oxygens (including phenoxy) is 1. The zero-order valence-electron chi connectivity index (χ0n) is 15.7. The quantitative estimate of drug-likeness (QED) is 0.378. The highest BCUT2D eigenvalue weighted by Gasteiger charge is 2.26. The van der Waals surface area contributed by atoms with Crippen molar-refractivity contribution in [2.45, 2.75) is 13.2 Å². The first-order chi connectivity index (χ1) is 14.9. The standard InChI is InChI=1S/C19H14BrClF2N6O2/c20-4-7-28-9-12(16-14(17(24)30)18-25-5-1-6-29(18)27-16)15(26-28)11-8-10(21)2-3-13(11)31-19(22)23/h1-3,5-6,8-9,19H,4,7H2,(H2,24,30). The van der Waals surface area contributed by atoms with Crippen molar-refractivity contribution in [3.63, 3.8) is 0 Å². The number of alkyl halides is 3. The third kappa shape index (κ3) is 4.10. The Kier molecular flexibility index (Phi) is 5.88. The summed E-state index contributed by atoms with van der Waals surface area (Å²) in [5, 5.41) is 9.83. The predicted molar refractivity (Wildman–Crippen MR) is 114 cm³/mol. The van der Waals surface area contributed by atoms with E-state index < -0.39 is 12.5 Å². The van der Waals surface area contributed by atoms with Gasteiger partial charge in [-0.25, -0.2) is 9.50 Å². The second kappa shape index (κ2) is 8.60. The number of rotatable bonds is 7. The van der Waals surface area contributed by atoms with Crippen LogP contribution >= 0.6 is 27.5 Å². The Morgan fingerprint density at radius 1 is 1.26 bits per heavy atom. The zero-order valence-corrected chi connectivity index (χ0v) is 18.0. The summed E-state index contributed by atoms with van der Waals surface area (Å²) in [5.74, 6) is -0.856. The van der Waals surface area contributed by atoms with Crippen LogP contribution in [0.5, 0.6) is 5.75 Å². The minimum Gasteiger partial charge on any atom is -0.434 e. The van der Waals surface area contributed by atoms with E-state index in [0.717, 1.165) is 0 Å². The largest absolute Gasteiger partial charge is 0.434 e. The Bertz CT molecular complexity index is 1280. The van der Waals surface area contributed by atoms with Crippen molar-refractivity contribution >= 4 is 39.1 Å². The molecule has 8 nitrogen and oxygen atoms in total. The molecule has 2 N–H and O–H groups in total. The fraction of sp³-hybridized carbons (Fsp3) is 0.158. The van der Waals surface area contributed by atoms with Gasteiger partial charge in [0.1, 0.15) is 22.7 Å². The number of aryl methyl sites for hydroxylation is 1. The van der Waals surface area contributed by atoms with Crippen LogP contribution in [0.2, 0.25) is 5.02 Å². The van der Waals surface area contributed by atoms with Crippen LogP contribution in [0, 0.1) is 0 Å². The third-order valence-electron chi connectivity index (χ3n) is 4.38. The second-order valence-corrected chi connectivity index (χ2v) is 7.57. The van der Waals surface area contributed by atoms with Crippen LogP contribution in [0.1, 0.15) is 10.4 Å². The molecular weight excluding hydrogens is 498 g/mol. The molecule has 4 aromatic rings. The van der Waals surface area contributed by atoms with Crippen LogP contribution in [-0.4, -0.2) is 42.2 Å². The number of amides is 1. The molecule has 0 bridgehead atoms. The topological polar surface area (TPSA) is 100 Å². The maximum atomic E-state index is 13.0. The molecule has 0 aliphatic rings. The van der Waals surface area contributed by atoms with Gasteiger partial charge in [-0.05, 0) is 24.3 Å². The number of carbonyl (C=O) groups is 1. The molecule has 0 radical (unpaired) electrons. The summed E-state index contributed by atoms with van der Waals surface area (Å²) in [6, 6.07) is 5.87. The average molecular weight is 512 g/mol. The van der Waals surface area contributed by atoms with E-state index in [1.165, 1.54) is 28.9 Å². The lowest BCUT2D eigenvalue weighted by molar-refractivity contribution is -0.0494. The fourth-order valence-corrected chi connectivity index (χ4v) is 3.72. The zero-order chi connectivity index (χ0) is 22.1. The van der Waals surface area contributed by atoms with Gasteiger partial charge in [0.15, 0.2) is 5.65 Å². The van der Waals surface area contributed by atoms with Crippen molar-refractivity contribution in [2.75, 3.05) is 5.33 Å². The lowest BCUT2D eigenvalue weighted by Crippen LogP contribution is -2.12. The van der Waals surface area contributed by atoms with Gasteiger partial charge < -0.3 is 10.5 Å². The number of halogens is 4. The molecule has 12 heteroatoms. The van der Waals surface area contributed by atoms with Crippen LogP contribution in [0.3, 0.4) is 0 Å². The lowest BCUT2D eigenvalue weighted by Gasteiger charge is -2.11. The van der Waals surface area contributed by atoms with Gasteiger partial charge in [-0.3, -0.25) is 9.48 Å². The monoisotopic (exact) mass is 510 g/mol. The highest BCUT2D eigenvalue weighted by molar-refractivity contribution is 9.09. The normalized spacial score (nSPS) is 11.4. The van der Waals surface area contributed by atoms with Crippen molar-refractivity contribution in [1.82, 2.24) is 24.4 Å². The molecule has 0 unspecified atom stereocenters. The Hall–Kier alpha value is -3.05. The first kappa shape index (κ1) is 21.2. The van der Waals surface area contributed by atoms with Crippen molar-refractivity contribution in [1.29, 1.82) is 0 Å². The smallest absolute Gasteiger partial charge is 0.387 e. The first-order valence-corrected chi connectivity index (χ1v) is 10.4. The van der Waals surface area contributed by atoms with Gasteiger partial charge in [0.2, 0.25) is 0 Å². The van der Waals surface area contributed by atoms with Crippen LogP contribution < -0.4 is 10.5 Å². The lowest BCUT2D eigenvalue weighted by atomic mass is 10.0. The molecule has 160 valence electrons. The van der Waals surface area contributed by atoms with E-state index >= 15 is 0 Å². The van der Waals surface area contributed by atoms with Gasteiger partial charge in [0.05, 0.1) is 6.54 Å². The van der Waals surface area contributed by atoms with Gasteiger partial charge in [-0.2, -0.15) is 19.0 Å². The molecule has 0 saturated carbocycles. The SMILES string of the molecule is NC(=O)c1c(-c2cn(CCBr)nc2-c2cc(Cl)ccc2OC(F)F)nn2cccnc12. The second-order valence-electron chi connectivity index (χ2n) is 6.34. The van der Waals surface area contributed by atoms with E-state index in [9.17, 15) is 13.6 Å². The van der Waals surface area contributed by atoms with E-state index in [2.05, 4.69) is 35.8 Å². The summed E-state index contributed by atoms with van der Waals surface area (Å²) < 4.78 is 33.7. The molecule has 1 aromatic carbocycles. The van der Waals surface area contributed by atoms with Gasteiger partial charge in [0.25, 0.3) is 5.91 Å². The van der Waals surface area contributed by atoms with E-state index in [0.29, 0.717) is 22.5 Å². The summed E-state index contributed by atoms with van der Waals surface area (Å²) in [7, 11) is 0. The number of benzene rings is 1. The molecule has 4 rings (SSSR count). The Balaban J connectivity index is 2.01. The fourth-order valence-electron chi connectivity index (χ4n) is 3.18. The molecule has 0 aliphatic heterocycles. The van der Waals surface area contributed by atoms with Crippen LogP contribution in [-0.2, 0) is 6.54 Å². The molecule has 0 spiro atoms. The maximum absolute atomic E-state index is 13.0. The molecule has 0 aliphatic carbocycles. The van der Waals surface area contributed by atoms with Crippen molar-refractivity contribution in [3.05, 3.63) is 53.4 Å². The number of aromatic nitrogens is 5.